The summed E-state index contributed by atoms with van der Waals surface area (Å²) in [4.78, 5) is 28.7. The predicted octanol–water partition coefficient (Wildman–Crippen LogP) is 1.84. The van der Waals surface area contributed by atoms with Crippen molar-refractivity contribution in [2.75, 3.05) is 39.9 Å². The number of likely N-dealkylation sites (tertiary alicyclic amines) is 2. The van der Waals surface area contributed by atoms with E-state index in [-0.39, 0.29) is 23.8 Å². The third-order valence-electron chi connectivity index (χ3n) is 5.96. The van der Waals surface area contributed by atoms with Gasteiger partial charge in [0.1, 0.15) is 5.75 Å². The Hall–Kier alpha value is -2.08. The molecule has 0 atom stereocenters. The first-order valence-electron chi connectivity index (χ1n) is 9.31. The van der Waals surface area contributed by atoms with Gasteiger partial charge in [-0.15, -0.1) is 0 Å². The molecule has 0 radical (unpaired) electrons. The lowest BCUT2D eigenvalue weighted by atomic mass is 9.72. The van der Waals surface area contributed by atoms with E-state index < -0.39 is 0 Å². The van der Waals surface area contributed by atoms with Gasteiger partial charge >= 0.3 is 0 Å². The van der Waals surface area contributed by atoms with Gasteiger partial charge < -0.3 is 19.6 Å². The van der Waals surface area contributed by atoms with Crippen LogP contribution in [0.5, 0.6) is 5.75 Å². The molecule has 1 N–H and O–H groups in total. The van der Waals surface area contributed by atoms with Gasteiger partial charge in [-0.3, -0.25) is 9.59 Å². The summed E-state index contributed by atoms with van der Waals surface area (Å²) in [5.41, 5.74) is 1.65. The smallest absolute Gasteiger partial charge is 0.254 e. The van der Waals surface area contributed by atoms with Crippen LogP contribution in [0.25, 0.3) is 0 Å². The van der Waals surface area contributed by atoms with E-state index in [0.29, 0.717) is 38.2 Å². The number of carbonyl (C=O) groups is 2. The minimum Gasteiger partial charge on any atom is -0.496 e. The van der Waals surface area contributed by atoms with Crippen molar-refractivity contribution in [3.63, 3.8) is 0 Å². The van der Waals surface area contributed by atoms with E-state index in [2.05, 4.69) is 0 Å². The number of benzene rings is 1. The lowest BCUT2D eigenvalue weighted by molar-refractivity contribution is -0.139. The molecule has 0 saturated carbocycles. The third kappa shape index (κ3) is 3.56. The van der Waals surface area contributed by atoms with E-state index in [4.69, 9.17) is 4.74 Å². The average molecular weight is 360 g/mol. The van der Waals surface area contributed by atoms with Crippen LogP contribution >= 0.6 is 0 Å². The molecule has 1 aromatic rings. The fourth-order valence-corrected chi connectivity index (χ4v) is 4.26. The van der Waals surface area contributed by atoms with Crippen LogP contribution in [0.15, 0.2) is 18.2 Å². The Labute approximate surface area is 154 Å². The SMILES string of the molecule is COc1cccc(C(=O)N2CCC3(CCC(=O)N(CCO)C3)CC2)c1C. The van der Waals surface area contributed by atoms with Gasteiger partial charge in [0, 0.05) is 43.7 Å². The zero-order valence-electron chi connectivity index (χ0n) is 15.7. The third-order valence-corrected chi connectivity index (χ3v) is 5.96. The van der Waals surface area contributed by atoms with E-state index in [9.17, 15) is 14.7 Å². The van der Waals surface area contributed by atoms with Crippen LogP contribution in [0.2, 0.25) is 0 Å². The fourth-order valence-electron chi connectivity index (χ4n) is 4.26. The normalized spacial score (nSPS) is 19.7. The topological polar surface area (TPSA) is 70.1 Å². The molecule has 2 amide bonds. The standard InChI is InChI=1S/C20H28N2O4/c1-15-16(4-3-5-17(15)26-2)19(25)21-10-8-20(9-11-21)7-6-18(24)22(14-20)12-13-23/h3-5,23H,6-14H2,1-2H3. The highest BCUT2D eigenvalue weighted by Crippen LogP contribution is 2.40. The number of aliphatic hydroxyl groups is 1. The zero-order chi connectivity index (χ0) is 18.7. The molecule has 0 bridgehead atoms. The number of piperidine rings is 2. The minimum atomic E-state index is 0.00154. The molecule has 3 rings (SSSR count). The second-order valence-electron chi connectivity index (χ2n) is 7.46. The maximum Gasteiger partial charge on any atom is 0.254 e. The summed E-state index contributed by atoms with van der Waals surface area (Å²) in [6, 6.07) is 5.57. The summed E-state index contributed by atoms with van der Waals surface area (Å²) < 4.78 is 5.33. The molecule has 0 aromatic heterocycles. The molecular formula is C20H28N2O4. The molecule has 1 aromatic carbocycles. The monoisotopic (exact) mass is 360 g/mol. The number of aliphatic hydroxyl groups excluding tert-OH is 1. The van der Waals surface area contributed by atoms with Crippen LogP contribution in [0.4, 0.5) is 0 Å². The molecule has 6 nitrogen and oxygen atoms in total. The van der Waals surface area contributed by atoms with Crippen molar-refractivity contribution in [1.29, 1.82) is 0 Å². The van der Waals surface area contributed by atoms with Gasteiger partial charge in [-0.1, -0.05) is 6.07 Å². The summed E-state index contributed by atoms with van der Waals surface area (Å²) in [7, 11) is 1.61. The van der Waals surface area contributed by atoms with Gasteiger partial charge in [-0.25, -0.2) is 0 Å². The van der Waals surface area contributed by atoms with Crippen molar-refractivity contribution in [2.24, 2.45) is 5.41 Å². The maximum atomic E-state index is 13.0. The summed E-state index contributed by atoms with van der Waals surface area (Å²) in [6.45, 7) is 4.44. The van der Waals surface area contributed by atoms with Crippen LogP contribution in [0.3, 0.4) is 0 Å². The molecule has 0 aliphatic carbocycles. The first-order valence-corrected chi connectivity index (χ1v) is 9.31. The highest BCUT2D eigenvalue weighted by molar-refractivity contribution is 5.96. The summed E-state index contributed by atoms with van der Waals surface area (Å²) in [6.07, 6.45) is 3.23. The molecule has 6 heteroatoms. The van der Waals surface area contributed by atoms with E-state index in [1.807, 2.05) is 30.0 Å². The second-order valence-corrected chi connectivity index (χ2v) is 7.46. The predicted molar refractivity (Wildman–Crippen MR) is 98.2 cm³/mol. The Kier molecular flexibility index (Phi) is 5.51. The molecule has 2 saturated heterocycles. The van der Waals surface area contributed by atoms with Gasteiger partial charge in [0.05, 0.1) is 13.7 Å². The minimum absolute atomic E-state index is 0.00154. The Balaban J connectivity index is 1.67. The molecule has 142 valence electrons. The van der Waals surface area contributed by atoms with E-state index >= 15 is 0 Å². The van der Waals surface area contributed by atoms with E-state index in [0.717, 1.165) is 30.6 Å². The van der Waals surface area contributed by atoms with Crippen molar-refractivity contribution in [3.05, 3.63) is 29.3 Å². The highest BCUT2D eigenvalue weighted by Gasteiger charge is 2.41. The number of hydrogen-bond donors (Lipinski definition) is 1. The number of hydrogen-bond acceptors (Lipinski definition) is 4. The first-order chi connectivity index (χ1) is 12.5. The molecular weight excluding hydrogens is 332 g/mol. The number of ether oxygens (including phenoxy) is 1. The number of nitrogens with zero attached hydrogens (tertiary/aromatic N) is 2. The van der Waals surface area contributed by atoms with Gasteiger partial charge in [-0.2, -0.15) is 0 Å². The van der Waals surface area contributed by atoms with Crippen molar-refractivity contribution in [2.45, 2.75) is 32.6 Å². The molecule has 2 aliphatic rings. The van der Waals surface area contributed by atoms with Gasteiger partial charge in [0.2, 0.25) is 5.91 Å². The quantitative estimate of drug-likeness (QED) is 0.889. The van der Waals surface area contributed by atoms with Crippen molar-refractivity contribution in [3.8, 4) is 5.75 Å². The van der Waals surface area contributed by atoms with E-state index in [1.165, 1.54) is 0 Å². The number of β-amino-alcohol motifs (C(OH)–C–C–N with tert-alkyl or cyclic N) is 1. The van der Waals surface area contributed by atoms with Crippen molar-refractivity contribution < 1.29 is 19.4 Å². The largest absolute Gasteiger partial charge is 0.496 e. The Morgan fingerprint density at radius 3 is 2.65 bits per heavy atom. The molecule has 2 fully saturated rings. The maximum absolute atomic E-state index is 13.0. The van der Waals surface area contributed by atoms with Crippen molar-refractivity contribution in [1.82, 2.24) is 9.80 Å². The molecule has 1 spiro atoms. The van der Waals surface area contributed by atoms with Crippen LogP contribution in [0.1, 0.15) is 41.6 Å². The summed E-state index contributed by atoms with van der Waals surface area (Å²) in [5.74, 6) is 0.917. The van der Waals surface area contributed by atoms with Crippen LogP contribution in [-0.4, -0.2) is 66.6 Å². The Morgan fingerprint density at radius 1 is 1.27 bits per heavy atom. The van der Waals surface area contributed by atoms with Crippen LogP contribution < -0.4 is 4.74 Å². The Morgan fingerprint density at radius 2 is 2.00 bits per heavy atom. The second kappa shape index (κ2) is 7.66. The van der Waals surface area contributed by atoms with Crippen LogP contribution in [-0.2, 0) is 4.79 Å². The summed E-state index contributed by atoms with van der Waals surface area (Å²) >= 11 is 0. The van der Waals surface area contributed by atoms with Crippen LogP contribution in [0, 0.1) is 12.3 Å². The van der Waals surface area contributed by atoms with Crippen molar-refractivity contribution >= 4 is 11.8 Å². The fraction of sp³-hybridized carbons (Fsp3) is 0.600. The number of carbonyl (C=O) groups excluding carboxylic acids is 2. The lowest BCUT2D eigenvalue weighted by Gasteiger charge is -2.47. The number of methoxy groups -OCH3 is 1. The molecule has 2 aliphatic heterocycles. The molecule has 0 unspecified atom stereocenters. The molecule has 2 heterocycles. The Bertz CT molecular complexity index is 680. The first kappa shape index (κ1) is 18.7. The number of amides is 2. The van der Waals surface area contributed by atoms with Gasteiger partial charge in [0.25, 0.3) is 5.91 Å². The molecule has 26 heavy (non-hydrogen) atoms. The van der Waals surface area contributed by atoms with E-state index in [1.54, 1.807) is 12.0 Å². The lowest BCUT2D eigenvalue weighted by Crippen LogP contribution is -2.52. The number of rotatable bonds is 4. The highest BCUT2D eigenvalue weighted by atomic mass is 16.5. The van der Waals surface area contributed by atoms with Gasteiger partial charge in [-0.05, 0) is 43.7 Å². The summed E-state index contributed by atoms with van der Waals surface area (Å²) in [5, 5.41) is 9.18. The average Bonchev–Trinajstić information content (AvgIpc) is 2.65. The van der Waals surface area contributed by atoms with Gasteiger partial charge in [0.15, 0.2) is 0 Å². The zero-order valence-corrected chi connectivity index (χ0v) is 15.7.